The molecule has 26 heavy (non-hydrogen) atoms. The number of aromatic nitrogens is 4. The van der Waals surface area contributed by atoms with E-state index in [0.717, 1.165) is 72.0 Å². The van der Waals surface area contributed by atoms with E-state index >= 15 is 0 Å². The molecule has 1 amide bonds. The smallest absolute Gasteiger partial charge is 0.219 e. The van der Waals surface area contributed by atoms with Crippen molar-refractivity contribution in [2.24, 2.45) is 0 Å². The highest BCUT2D eigenvalue weighted by Crippen LogP contribution is 2.27. The first-order valence-electron chi connectivity index (χ1n) is 9.15. The molecule has 1 aliphatic rings. The average Bonchev–Trinajstić information content (AvgIpc) is 2.99. The fourth-order valence-electron chi connectivity index (χ4n) is 3.71. The molecule has 0 unspecified atom stereocenters. The Morgan fingerprint density at radius 3 is 2.50 bits per heavy atom. The van der Waals surface area contributed by atoms with Crippen molar-refractivity contribution in [2.75, 3.05) is 31.1 Å². The van der Waals surface area contributed by atoms with Gasteiger partial charge >= 0.3 is 0 Å². The Hall–Kier alpha value is -2.70. The zero-order valence-electron chi connectivity index (χ0n) is 15.8. The van der Waals surface area contributed by atoms with E-state index in [9.17, 15) is 4.79 Å². The maximum atomic E-state index is 11.6. The normalized spacial score (nSPS) is 15.2. The van der Waals surface area contributed by atoms with E-state index in [4.69, 9.17) is 10.1 Å². The maximum absolute atomic E-state index is 11.6. The van der Waals surface area contributed by atoms with Gasteiger partial charge in [0.15, 0.2) is 11.3 Å². The Morgan fingerprint density at radius 2 is 1.85 bits per heavy atom. The lowest BCUT2D eigenvalue weighted by atomic mass is 10.2. The van der Waals surface area contributed by atoms with Gasteiger partial charge < -0.3 is 9.80 Å². The highest BCUT2D eigenvalue weighted by atomic mass is 16.2. The summed E-state index contributed by atoms with van der Waals surface area (Å²) in [7, 11) is 0. The molecular formula is C19H24N6O. The zero-order valence-corrected chi connectivity index (χ0v) is 15.8. The Balaban J connectivity index is 1.86. The van der Waals surface area contributed by atoms with Crippen LogP contribution in [0.1, 0.15) is 30.8 Å². The van der Waals surface area contributed by atoms with E-state index in [1.807, 2.05) is 16.3 Å². The van der Waals surface area contributed by atoms with Crippen LogP contribution in [0.5, 0.6) is 0 Å². The SMILES string of the molecule is CCc1cc(N2CCN(C(C)=O)CC2)n2nc3nc(C)cc(C)c3c2n1. The maximum Gasteiger partial charge on any atom is 0.219 e. The first kappa shape index (κ1) is 16.8. The summed E-state index contributed by atoms with van der Waals surface area (Å²) in [5.74, 6) is 1.17. The number of rotatable bonds is 2. The van der Waals surface area contributed by atoms with Gasteiger partial charge in [-0.1, -0.05) is 6.92 Å². The highest BCUT2D eigenvalue weighted by Gasteiger charge is 2.23. The molecule has 4 heterocycles. The van der Waals surface area contributed by atoms with Gasteiger partial charge in [0.25, 0.3) is 0 Å². The number of aryl methyl sites for hydroxylation is 3. The molecule has 136 valence electrons. The first-order chi connectivity index (χ1) is 12.5. The lowest BCUT2D eigenvalue weighted by Gasteiger charge is -2.35. The van der Waals surface area contributed by atoms with Gasteiger partial charge in [0.2, 0.25) is 5.91 Å². The Labute approximate surface area is 152 Å². The fraction of sp³-hybridized carbons (Fsp3) is 0.474. The number of anilines is 1. The zero-order chi connectivity index (χ0) is 18.4. The van der Waals surface area contributed by atoms with Gasteiger partial charge in [0.05, 0.1) is 5.39 Å². The molecule has 0 aromatic carbocycles. The van der Waals surface area contributed by atoms with Gasteiger partial charge in [-0.3, -0.25) is 4.79 Å². The van der Waals surface area contributed by atoms with Gasteiger partial charge in [-0.2, -0.15) is 4.52 Å². The predicted molar refractivity (Wildman–Crippen MR) is 102 cm³/mol. The number of nitrogens with zero attached hydrogens (tertiary/aromatic N) is 6. The van der Waals surface area contributed by atoms with E-state index < -0.39 is 0 Å². The summed E-state index contributed by atoms with van der Waals surface area (Å²) < 4.78 is 1.92. The number of carbonyl (C=O) groups excluding carboxylic acids is 1. The summed E-state index contributed by atoms with van der Waals surface area (Å²) >= 11 is 0. The standard InChI is InChI=1S/C19H24N6O/c1-5-15-11-16(24-8-6-23(7-9-24)14(4)26)25-19(21-15)17-12(2)10-13(3)20-18(17)22-25/h10-11H,5-9H2,1-4H3. The number of hydrogen-bond acceptors (Lipinski definition) is 5. The molecule has 0 N–H and O–H groups in total. The van der Waals surface area contributed by atoms with Crippen molar-refractivity contribution in [3.63, 3.8) is 0 Å². The minimum absolute atomic E-state index is 0.138. The van der Waals surface area contributed by atoms with Crippen LogP contribution >= 0.6 is 0 Å². The summed E-state index contributed by atoms with van der Waals surface area (Å²) in [6.45, 7) is 10.9. The molecule has 1 fully saturated rings. The van der Waals surface area contributed by atoms with Crippen LogP contribution in [0.25, 0.3) is 16.7 Å². The largest absolute Gasteiger partial charge is 0.353 e. The molecule has 0 bridgehead atoms. The topological polar surface area (TPSA) is 66.6 Å². The number of carbonyl (C=O) groups is 1. The number of pyridine rings is 1. The predicted octanol–water partition coefficient (Wildman–Crippen LogP) is 2.13. The summed E-state index contributed by atoms with van der Waals surface area (Å²) in [5, 5.41) is 5.79. The van der Waals surface area contributed by atoms with Crippen LogP contribution in [-0.2, 0) is 11.2 Å². The molecule has 4 rings (SSSR count). The lowest BCUT2D eigenvalue weighted by molar-refractivity contribution is -0.129. The highest BCUT2D eigenvalue weighted by molar-refractivity contribution is 5.93. The lowest BCUT2D eigenvalue weighted by Crippen LogP contribution is -2.48. The molecule has 0 saturated carbocycles. The third kappa shape index (κ3) is 2.67. The van der Waals surface area contributed by atoms with Crippen LogP contribution in [0, 0.1) is 13.8 Å². The van der Waals surface area contributed by atoms with E-state index in [0.29, 0.717) is 0 Å². The number of fused-ring (bicyclic) bond motifs is 3. The molecular weight excluding hydrogens is 328 g/mol. The van der Waals surface area contributed by atoms with Crippen LogP contribution in [0.4, 0.5) is 5.82 Å². The van der Waals surface area contributed by atoms with E-state index in [2.05, 4.69) is 35.9 Å². The van der Waals surface area contributed by atoms with Crippen molar-refractivity contribution in [3.05, 3.63) is 29.1 Å². The van der Waals surface area contributed by atoms with Crippen LogP contribution in [0.2, 0.25) is 0 Å². The number of amides is 1. The summed E-state index contributed by atoms with van der Waals surface area (Å²) in [6, 6.07) is 4.19. The number of piperazine rings is 1. The average molecular weight is 352 g/mol. The Bertz CT molecular complexity index is 1000. The van der Waals surface area contributed by atoms with Crippen molar-refractivity contribution in [1.29, 1.82) is 0 Å². The molecule has 0 aliphatic carbocycles. The van der Waals surface area contributed by atoms with Crippen molar-refractivity contribution in [3.8, 4) is 0 Å². The van der Waals surface area contributed by atoms with E-state index in [-0.39, 0.29) is 5.91 Å². The molecule has 7 heteroatoms. The molecule has 3 aromatic rings. The van der Waals surface area contributed by atoms with Gasteiger partial charge in [-0.25, -0.2) is 9.97 Å². The van der Waals surface area contributed by atoms with E-state index in [1.165, 1.54) is 0 Å². The second-order valence-corrected chi connectivity index (χ2v) is 6.97. The Kier molecular flexibility index (Phi) is 4.01. The molecule has 1 saturated heterocycles. The van der Waals surface area contributed by atoms with Gasteiger partial charge in [0, 0.05) is 50.6 Å². The first-order valence-corrected chi connectivity index (χ1v) is 9.15. The summed E-state index contributed by atoms with van der Waals surface area (Å²) in [4.78, 5) is 25.2. The second-order valence-electron chi connectivity index (χ2n) is 6.97. The van der Waals surface area contributed by atoms with Crippen LogP contribution < -0.4 is 4.90 Å². The van der Waals surface area contributed by atoms with Crippen LogP contribution in [-0.4, -0.2) is 56.6 Å². The van der Waals surface area contributed by atoms with Crippen molar-refractivity contribution in [1.82, 2.24) is 24.5 Å². The van der Waals surface area contributed by atoms with Crippen LogP contribution in [0.3, 0.4) is 0 Å². The molecule has 0 spiro atoms. The van der Waals surface area contributed by atoms with Crippen molar-refractivity contribution >= 4 is 28.4 Å². The second kappa shape index (κ2) is 6.23. The minimum Gasteiger partial charge on any atom is -0.353 e. The molecule has 3 aromatic heterocycles. The third-order valence-corrected chi connectivity index (χ3v) is 5.12. The Morgan fingerprint density at radius 1 is 1.12 bits per heavy atom. The summed E-state index contributed by atoms with van der Waals surface area (Å²) in [5.41, 5.74) is 4.77. The van der Waals surface area contributed by atoms with Crippen molar-refractivity contribution < 1.29 is 4.79 Å². The fourth-order valence-corrected chi connectivity index (χ4v) is 3.71. The minimum atomic E-state index is 0.138. The van der Waals surface area contributed by atoms with Gasteiger partial charge in [0.1, 0.15) is 5.82 Å². The number of hydrogen-bond donors (Lipinski definition) is 0. The molecule has 1 aliphatic heterocycles. The van der Waals surface area contributed by atoms with Crippen molar-refractivity contribution in [2.45, 2.75) is 34.1 Å². The van der Waals surface area contributed by atoms with Crippen LogP contribution in [0.15, 0.2) is 12.1 Å². The molecule has 0 atom stereocenters. The molecule has 7 nitrogen and oxygen atoms in total. The van der Waals surface area contributed by atoms with Gasteiger partial charge in [-0.15, -0.1) is 5.10 Å². The van der Waals surface area contributed by atoms with Gasteiger partial charge in [-0.05, 0) is 31.9 Å². The van der Waals surface area contributed by atoms with E-state index in [1.54, 1.807) is 6.92 Å². The summed E-state index contributed by atoms with van der Waals surface area (Å²) in [6.07, 6.45) is 0.863. The molecule has 0 radical (unpaired) electrons. The quantitative estimate of drug-likeness (QED) is 0.707. The monoisotopic (exact) mass is 352 g/mol. The third-order valence-electron chi connectivity index (χ3n) is 5.12.